The van der Waals surface area contributed by atoms with Gasteiger partial charge in [0, 0.05) is 0 Å². The first-order chi connectivity index (χ1) is 10.9. The zero-order chi connectivity index (χ0) is 17.1. The van der Waals surface area contributed by atoms with Crippen LogP contribution in [-0.4, -0.2) is 5.97 Å². The maximum atomic E-state index is 13.4. The van der Waals surface area contributed by atoms with Crippen LogP contribution in [0.2, 0.25) is 0 Å². The number of esters is 1. The molecule has 0 heterocycles. The van der Waals surface area contributed by atoms with Gasteiger partial charge in [-0.05, 0) is 17.7 Å². The molecular weight excluding hydrogens is 319 g/mol. The van der Waals surface area contributed by atoms with E-state index in [0.717, 1.165) is 5.56 Å². The summed E-state index contributed by atoms with van der Waals surface area (Å²) >= 11 is 0. The third kappa shape index (κ3) is 3.23. The quantitative estimate of drug-likeness (QED) is 0.360. The summed E-state index contributed by atoms with van der Waals surface area (Å²) in [5.74, 6) is -11.5. The number of hydrogen-bond donors (Lipinski definition) is 0. The van der Waals surface area contributed by atoms with Gasteiger partial charge in [-0.2, -0.15) is 0 Å². The van der Waals surface area contributed by atoms with Crippen LogP contribution >= 0.6 is 0 Å². The van der Waals surface area contributed by atoms with Gasteiger partial charge >= 0.3 is 5.97 Å². The largest absolute Gasteiger partial charge is 0.457 e. The Labute approximate surface area is 127 Å². The molecule has 0 aliphatic rings. The summed E-state index contributed by atoms with van der Waals surface area (Å²) in [5, 5.41) is 0. The van der Waals surface area contributed by atoms with Crippen molar-refractivity contribution in [1.82, 2.24) is 0 Å². The summed E-state index contributed by atoms with van der Waals surface area (Å²) in [4.78, 5) is 11.7. The lowest BCUT2D eigenvalue weighted by Gasteiger charge is -2.09. The molecule has 2 aromatic rings. The van der Waals surface area contributed by atoms with Crippen molar-refractivity contribution in [3.8, 4) is 0 Å². The lowest BCUT2D eigenvalue weighted by atomic mass is 10.1. The number of rotatable bonds is 4. The Bertz CT molecular complexity index is 740. The van der Waals surface area contributed by atoms with Crippen molar-refractivity contribution in [3.05, 3.63) is 76.6 Å². The Kier molecular flexibility index (Phi) is 4.78. The molecule has 0 N–H and O–H groups in total. The van der Waals surface area contributed by atoms with Crippen LogP contribution in [0.3, 0.4) is 0 Å². The van der Waals surface area contributed by atoms with Crippen molar-refractivity contribution < 1.29 is 31.5 Å². The Morgan fingerprint density at radius 2 is 1.39 bits per heavy atom. The van der Waals surface area contributed by atoms with Crippen LogP contribution in [0, 0.1) is 29.1 Å². The first kappa shape index (κ1) is 16.7. The van der Waals surface area contributed by atoms with E-state index in [0.29, 0.717) is 0 Å². The highest BCUT2D eigenvalue weighted by atomic mass is 19.2. The number of carbonyl (C=O) groups excluding carboxylic acids is 1. The monoisotopic (exact) mass is 328 g/mol. The molecule has 0 fully saturated rings. The molecule has 0 saturated heterocycles. The molecule has 2 rings (SSSR count). The summed E-state index contributed by atoms with van der Waals surface area (Å²) in [5.41, 5.74) is -0.432. The SMILES string of the molecule is C=Cc1ccc(C(=O)OCc2c(F)c(F)c(F)c(F)c2F)cc1. The number of ether oxygens (including phenoxy) is 1. The van der Waals surface area contributed by atoms with E-state index in [1.807, 2.05) is 0 Å². The van der Waals surface area contributed by atoms with Gasteiger partial charge in [0.05, 0.1) is 11.1 Å². The molecule has 0 bridgehead atoms. The highest BCUT2D eigenvalue weighted by Crippen LogP contribution is 2.23. The van der Waals surface area contributed by atoms with Crippen molar-refractivity contribution in [2.45, 2.75) is 6.61 Å². The second-order valence-electron chi connectivity index (χ2n) is 4.45. The molecular formula is C16H9F5O2. The molecule has 0 saturated carbocycles. The van der Waals surface area contributed by atoms with Crippen molar-refractivity contribution in [2.24, 2.45) is 0 Å². The molecule has 0 aliphatic heterocycles. The van der Waals surface area contributed by atoms with Gasteiger partial charge in [0.25, 0.3) is 0 Å². The smallest absolute Gasteiger partial charge is 0.338 e. The van der Waals surface area contributed by atoms with Gasteiger partial charge in [-0.3, -0.25) is 0 Å². The Morgan fingerprint density at radius 1 is 0.913 bits per heavy atom. The molecule has 0 amide bonds. The molecule has 0 aromatic heterocycles. The van der Waals surface area contributed by atoms with Gasteiger partial charge in [-0.25, -0.2) is 26.7 Å². The van der Waals surface area contributed by atoms with Crippen LogP contribution < -0.4 is 0 Å². The molecule has 0 radical (unpaired) electrons. The molecule has 0 spiro atoms. The Morgan fingerprint density at radius 3 is 1.87 bits per heavy atom. The Hall–Kier alpha value is -2.70. The third-order valence-corrected chi connectivity index (χ3v) is 3.03. The fraction of sp³-hybridized carbons (Fsp3) is 0.0625. The van der Waals surface area contributed by atoms with Gasteiger partial charge in [0.15, 0.2) is 23.3 Å². The second kappa shape index (κ2) is 6.60. The van der Waals surface area contributed by atoms with Gasteiger partial charge in [-0.15, -0.1) is 0 Å². The minimum atomic E-state index is -2.27. The summed E-state index contributed by atoms with van der Waals surface area (Å²) in [6.07, 6.45) is 1.53. The maximum absolute atomic E-state index is 13.4. The Balaban J connectivity index is 2.20. The van der Waals surface area contributed by atoms with Crippen LogP contribution in [-0.2, 0) is 11.3 Å². The fourth-order valence-corrected chi connectivity index (χ4v) is 1.75. The van der Waals surface area contributed by atoms with Crippen LogP contribution in [0.4, 0.5) is 22.0 Å². The number of hydrogen-bond acceptors (Lipinski definition) is 2. The fourth-order valence-electron chi connectivity index (χ4n) is 1.75. The molecule has 120 valence electrons. The third-order valence-electron chi connectivity index (χ3n) is 3.03. The first-order valence-electron chi connectivity index (χ1n) is 6.26. The van der Waals surface area contributed by atoms with Crippen LogP contribution in [0.1, 0.15) is 21.5 Å². The van der Waals surface area contributed by atoms with E-state index in [4.69, 9.17) is 0 Å². The highest BCUT2D eigenvalue weighted by Gasteiger charge is 2.26. The van der Waals surface area contributed by atoms with Gasteiger partial charge in [-0.1, -0.05) is 24.8 Å². The van der Waals surface area contributed by atoms with E-state index >= 15 is 0 Å². The number of benzene rings is 2. The van der Waals surface area contributed by atoms with Crippen LogP contribution in [0.5, 0.6) is 0 Å². The molecule has 23 heavy (non-hydrogen) atoms. The van der Waals surface area contributed by atoms with E-state index in [2.05, 4.69) is 11.3 Å². The minimum absolute atomic E-state index is 0.0551. The number of halogens is 5. The van der Waals surface area contributed by atoms with Gasteiger partial charge in [0.1, 0.15) is 6.61 Å². The maximum Gasteiger partial charge on any atom is 0.338 e. The highest BCUT2D eigenvalue weighted by molar-refractivity contribution is 5.89. The lowest BCUT2D eigenvalue weighted by Crippen LogP contribution is -2.11. The van der Waals surface area contributed by atoms with Gasteiger partial charge in [0.2, 0.25) is 5.82 Å². The van der Waals surface area contributed by atoms with Crippen LogP contribution in [0.25, 0.3) is 6.08 Å². The first-order valence-corrected chi connectivity index (χ1v) is 6.26. The molecule has 0 unspecified atom stereocenters. The van der Waals surface area contributed by atoms with E-state index in [1.165, 1.54) is 18.2 Å². The summed E-state index contributed by atoms with van der Waals surface area (Å²) in [6, 6.07) is 5.83. The average molecular weight is 328 g/mol. The molecule has 0 atom stereocenters. The lowest BCUT2D eigenvalue weighted by molar-refractivity contribution is 0.0462. The zero-order valence-corrected chi connectivity index (χ0v) is 11.5. The van der Waals surface area contributed by atoms with Crippen molar-refractivity contribution >= 4 is 12.0 Å². The summed E-state index contributed by atoms with van der Waals surface area (Å²) in [7, 11) is 0. The molecule has 0 aliphatic carbocycles. The minimum Gasteiger partial charge on any atom is -0.457 e. The second-order valence-corrected chi connectivity index (χ2v) is 4.45. The normalized spacial score (nSPS) is 10.5. The van der Waals surface area contributed by atoms with Gasteiger partial charge < -0.3 is 4.74 Å². The van der Waals surface area contributed by atoms with E-state index < -0.39 is 47.2 Å². The average Bonchev–Trinajstić information content (AvgIpc) is 2.58. The summed E-state index contributed by atoms with van der Waals surface area (Å²) < 4.78 is 70.4. The van der Waals surface area contributed by atoms with E-state index in [-0.39, 0.29) is 5.56 Å². The number of carbonyl (C=O) groups is 1. The van der Waals surface area contributed by atoms with Crippen molar-refractivity contribution in [1.29, 1.82) is 0 Å². The van der Waals surface area contributed by atoms with Crippen molar-refractivity contribution in [3.63, 3.8) is 0 Å². The molecule has 7 heteroatoms. The zero-order valence-electron chi connectivity index (χ0n) is 11.5. The van der Waals surface area contributed by atoms with E-state index in [1.54, 1.807) is 12.1 Å². The standard InChI is InChI=1S/C16H9F5O2/c1-2-8-3-5-9(6-4-8)16(22)23-7-10-11(17)13(19)15(21)14(20)12(10)18/h2-6H,1,7H2. The van der Waals surface area contributed by atoms with Crippen molar-refractivity contribution in [2.75, 3.05) is 0 Å². The van der Waals surface area contributed by atoms with Crippen LogP contribution in [0.15, 0.2) is 30.8 Å². The molecule has 2 nitrogen and oxygen atoms in total. The predicted molar refractivity (Wildman–Crippen MR) is 71.9 cm³/mol. The van der Waals surface area contributed by atoms with E-state index in [9.17, 15) is 26.7 Å². The molecule has 2 aromatic carbocycles. The predicted octanol–water partition coefficient (Wildman–Crippen LogP) is 4.38. The summed E-state index contributed by atoms with van der Waals surface area (Å²) in [6.45, 7) is 2.43. The topological polar surface area (TPSA) is 26.3 Å².